The van der Waals surface area contributed by atoms with Crippen molar-refractivity contribution in [3.05, 3.63) is 17.7 Å². The molecule has 1 heterocycles. The lowest BCUT2D eigenvalue weighted by atomic mass is 9.93. The van der Waals surface area contributed by atoms with E-state index in [0.29, 0.717) is 6.42 Å². The highest BCUT2D eigenvalue weighted by atomic mass is 16.6. The molecular weight excluding hydrogens is 344 g/mol. The van der Waals surface area contributed by atoms with Crippen LogP contribution in [0.15, 0.2) is 12.1 Å². The van der Waals surface area contributed by atoms with Gasteiger partial charge in [-0.1, -0.05) is 71.1 Å². The standard InChI is InChI=1S/C22H34O5/c1-2-3-4-5-6-7-8-9-10-11-12-13-22(26)16-19(25)21-18(24)14-17(23)15-20(21)27-22/h14-15,23-24,26H,2-13,16H2,1H3. The van der Waals surface area contributed by atoms with Crippen molar-refractivity contribution in [3.63, 3.8) is 0 Å². The lowest BCUT2D eigenvalue weighted by Gasteiger charge is -2.33. The number of carbonyl (C=O) groups is 1. The van der Waals surface area contributed by atoms with Crippen molar-refractivity contribution in [1.82, 2.24) is 0 Å². The zero-order chi connectivity index (χ0) is 19.7. The zero-order valence-corrected chi connectivity index (χ0v) is 16.5. The number of carbonyl (C=O) groups excluding carboxylic acids is 1. The fourth-order valence-corrected chi connectivity index (χ4v) is 3.73. The van der Waals surface area contributed by atoms with Crippen molar-refractivity contribution in [2.45, 2.75) is 96.2 Å². The molecule has 0 aromatic heterocycles. The molecule has 5 heteroatoms. The van der Waals surface area contributed by atoms with Crippen LogP contribution in [-0.4, -0.2) is 26.9 Å². The van der Waals surface area contributed by atoms with Crippen LogP contribution in [0.2, 0.25) is 0 Å². The van der Waals surface area contributed by atoms with Crippen LogP contribution in [0.3, 0.4) is 0 Å². The molecule has 0 aliphatic carbocycles. The molecule has 1 aromatic carbocycles. The Morgan fingerprint density at radius 1 is 0.926 bits per heavy atom. The highest BCUT2D eigenvalue weighted by Crippen LogP contribution is 2.41. The van der Waals surface area contributed by atoms with Crippen molar-refractivity contribution in [1.29, 1.82) is 0 Å². The second kappa shape index (κ2) is 10.5. The number of ether oxygens (including phenoxy) is 1. The van der Waals surface area contributed by atoms with E-state index < -0.39 is 5.79 Å². The van der Waals surface area contributed by atoms with Crippen LogP contribution in [0, 0.1) is 0 Å². The van der Waals surface area contributed by atoms with Crippen molar-refractivity contribution < 1.29 is 24.9 Å². The van der Waals surface area contributed by atoms with Gasteiger partial charge >= 0.3 is 0 Å². The van der Waals surface area contributed by atoms with E-state index >= 15 is 0 Å². The van der Waals surface area contributed by atoms with Crippen LogP contribution in [-0.2, 0) is 0 Å². The molecule has 0 saturated carbocycles. The predicted molar refractivity (Wildman–Crippen MR) is 105 cm³/mol. The van der Waals surface area contributed by atoms with Gasteiger partial charge in [-0.15, -0.1) is 0 Å². The van der Waals surface area contributed by atoms with E-state index in [9.17, 15) is 20.1 Å². The molecule has 3 N–H and O–H groups in total. The second-order valence-electron chi connectivity index (χ2n) is 7.77. The van der Waals surface area contributed by atoms with Crippen LogP contribution < -0.4 is 4.74 Å². The summed E-state index contributed by atoms with van der Waals surface area (Å²) in [5.41, 5.74) is 0.0383. The predicted octanol–water partition coefficient (Wildman–Crippen LogP) is 5.45. The third-order valence-corrected chi connectivity index (χ3v) is 5.25. The number of aromatic hydroxyl groups is 2. The van der Waals surface area contributed by atoms with Gasteiger partial charge in [-0.2, -0.15) is 0 Å². The Labute approximate surface area is 162 Å². The topological polar surface area (TPSA) is 87.0 Å². The first-order valence-corrected chi connectivity index (χ1v) is 10.5. The summed E-state index contributed by atoms with van der Waals surface area (Å²) in [7, 11) is 0. The molecule has 0 radical (unpaired) electrons. The maximum absolute atomic E-state index is 12.3. The van der Waals surface area contributed by atoms with Crippen molar-refractivity contribution in [2.24, 2.45) is 0 Å². The minimum Gasteiger partial charge on any atom is -0.508 e. The maximum Gasteiger partial charge on any atom is 0.215 e. The highest BCUT2D eigenvalue weighted by molar-refractivity contribution is 6.02. The van der Waals surface area contributed by atoms with Crippen LogP contribution in [0.4, 0.5) is 0 Å². The third kappa shape index (κ3) is 6.73. The van der Waals surface area contributed by atoms with E-state index in [2.05, 4.69) is 6.92 Å². The van der Waals surface area contributed by atoms with E-state index in [1.807, 2.05) is 0 Å². The molecular formula is C22H34O5. The van der Waals surface area contributed by atoms with Gasteiger partial charge in [0.25, 0.3) is 0 Å². The van der Waals surface area contributed by atoms with Crippen LogP contribution >= 0.6 is 0 Å². The molecule has 0 spiro atoms. The molecule has 2 rings (SSSR count). The summed E-state index contributed by atoms with van der Waals surface area (Å²) in [5, 5.41) is 30.0. The van der Waals surface area contributed by atoms with Gasteiger partial charge in [0, 0.05) is 18.6 Å². The number of phenols is 2. The SMILES string of the molecule is CCCCCCCCCCCCCC1(O)CC(=O)c2c(O)cc(O)cc2O1. The lowest BCUT2D eigenvalue weighted by molar-refractivity contribution is -0.145. The van der Waals surface area contributed by atoms with Gasteiger partial charge in [-0.3, -0.25) is 4.79 Å². The smallest absolute Gasteiger partial charge is 0.215 e. The van der Waals surface area contributed by atoms with E-state index in [-0.39, 0.29) is 35.0 Å². The van der Waals surface area contributed by atoms with E-state index in [1.54, 1.807) is 0 Å². The first-order chi connectivity index (χ1) is 12.9. The van der Waals surface area contributed by atoms with Gasteiger partial charge in [0.2, 0.25) is 5.79 Å². The fourth-order valence-electron chi connectivity index (χ4n) is 3.73. The normalized spacial score (nSPS) is 19.0. The molecule has 1 aromatic rings. The quantitative estimate of drug-likeness (QED) is 0.421. The number of ketones is 1. The van der Waals surface area contributed by atoms with Crippen LogP contribution in [0.25, 0.3) is 0 Å². The van der Waals surface area contributed by atoms with Gasteiger partial charge in [-0.25, -0.2) is 0 Å². The van der Waals surface area contributed by atoms with Gasteiger partial charge in [-0.05, 0) is 6.42 Å². The van der Waals surface area contributed by atoms with Crippen LogP contribution in [0.5, 0.6) is 17.2 Å². The second-order valence-corrected chi connectivity index (χ2v) is 7.77. The average molecular weight is 379 g/mol. The Bertz CT molecular complexity index is 613. The summed E-state index contributed by atoms with van der Waals surface area (Å²) in [4.78, 5) is 12.3. The molecule has 1 aliphatic heterocycles. The minimum atomic E-state index is -1.55. The molecule has 27 heavy (non-hydrogen) atoms. The third-order valence-electron chi connectivity index (χ3n) is 5.25. The monoisotopic (exact) mass is 378 g/mol. The number of Topliss-reactive ketones (excluding diaryl/α,β-unsaturated/α-hetero) is 1. The first kappa shape index (κ1) is 21.5. The van der Waals surface area contributed by atoms with Gasteiger partial charge in [0.15, 0.2) is 5.78 Å². The lowest BCUT2D eigenvalue weighted by Crippen LogP contribution is -2.41. The molecule has 1 aliphatic rings. The van der Waals surface area contributed by atoms with Gasteiger partial charge in [0.05, 0.1) is 6.42 Å². The average Bonchev–Trinajstić information content (AvgIpc) is 2.58. The number of unbranched alkanes of at least 4 members (excludes halogenated alkanes) is 10. The maximum atomic E-state index is 12.3. The molecule has 5 nitrogen and oxygen atoms in total. The van der Waals surface area contributed by atoms with Crippen molar-refractivity contribution in [3.8, 4) is 17.2 Å². The molecule has 0 bridgehead atoms. The van der Waals surface area contributed by atoms with E-state index in [0.717, 1.165) is 25.3 Å². The largest absolute Gasteiger partial charge is 0.508 e. The number of benzene rings is 1. The molecule has 152 valence electrons. The van der Waals surface area contributed by atoms with Gasteiger partial charge < -0.3 is 20.1 Å². The van der Waals surface area contributed by atoms with Crippen molar-refractivity contribution in [2.75, 3.05) is 0 Å². The molecule has 0 fully saturated rings. The summed E-state index contributed by atoms with van der Waals surface area (Å²) in [6.45, 7) is 2.23. The van der Waals surface area contributed by atoms with Crippen LogP contribution in [0.1, 0.15) is 101 Å². The Hall–Kier alpha value is -1.75. The summed E-state index contributed by atoms with van der Waals surface area (Å²) in [6.07, 6.45) is 13.5. The number of rotatable bonds is 12. The molecule has 1 unspecified atom stereocenters. The number of fused-ring (bicyclic) bond motifs is 1. The Morgan fingerprint density at radius 2 is 1.48 bits per heavy atom. The van der Waals surface area contributed by atoms with E-state index in [4.69, 9.17) is 4.74 Å². The Balaban J connectivity index is 1.65. The molecule has 0 amide bonds. The summed E-state index contributed by atoms with van der Waals surface area (Å²) in [6, 6.07) is 2.37. The first-order valence-electron chi connectivity index (χ1n) is 10.5. The summed E-state index contributed by atoms with van der Waals surface area (Å²) >= 11 is 0. The number of hydrogen-bond acceptors (Lipinski definition) is 5. The molecule has 0 saturated heterocycles. The number of aliphatic hydroxyl groups is 1. The van der Waals surface area contributed by atoms with Gasteiger partial charge in [0.1, 0.15) is 22.8 Å². The Kier molecular flexibility index (Phi) is 8.42. The zero-order valence-electron chi connectivity index (χ0n) is 16.5. The highest BCUT2D eigenvalue weighted by Gasteiger charge is 2.39. The summed E-state index contributed by atoms with van der Waals surface area (Å²) in [5.74, 6) is -2.37. The van der Waals surface area contributed by atoms with E-state index in [1.165, 1.54) is 57.4 Å². The van der Waals surface area contributed by atoms with Crippen molar-refractivity contribution >= 4 is 5.78 Å². The molecule has 1 atom stereocenters. The fraction of sp³-hybridized carbons (Fsp3) is 0.682. The Morgan fingerprint density at radius 3 is 2.07 bits per heavy atom. The number of phenolic OH excluding ortho intramolecular Hbond substituents is 2. The minimum absolute atomic E-state index is 0.0383. The number of hydrogen-bond donors (Lipinski definition) is 3. The summed E-state index contributed by atoms with van der Waals surface area (Å²) < 4.78 is 5.56.